The first kappa shape index (κ1) is 18.0. The number of oxime groups is 2. The number of amides is 1. The number of nitrogens with one attached hydrogen (secondary N) is 1. The number of hydrogen-bond acceptors (Lipinski definition) is 7. The van der Waals surface area contributed by atoms with E-state index in [1.807, 2.05) is 24.3 Å². The minimum atomic E-state index is -0.517. The molecule has 0 bridgehead atoms. The predicted octanol–water partition coefficient (Wildman–Crippen LogP) is 1.56. The molecule has 9 heteroatoms. The molecule has 1 aromatic carbocycles. The van der Waals surface area contributed by atoms with Crippen molar-refractivity contribution in [2.24, 2.45) is 10.3 Å². The second kappa shape index (κ2) is 8.51. The zero-order valence-electron chi connectivity index (χ0n) is 13.3. The molecular formula is C15H20ClN5O3. The third-order valence-electron chi connectivity index (χ3n) is 3.69. The van der Waals surface area contributed by atoms with Crippen molar-refractivity contribution >= 4 is 34.6 Å². The van der Waals surface area contributed by atoms with Gasteiger partial charge in [0, 0.05) is 43.3 Å². The van der Waals surface area contributed by atoms with Gasteiger partial charge in [-0.25, -0.2) is 5.01 Å². The molecule has 0 saturated carbocycles. The summed E-state index contributed by atoms with van der Waals surface area (Å²) in [4.78, 5) is 14.3. The maximum atomic E-state index is 12.1. The summed E-state index contributed by atoms with van der Waals surface area (Å²) in [5, 5.41) is 26.0. The lowest BCUT2D eigenvalue weighted by atomic mass is 10.2. The third-order valence-corrected chi connectivity index (χ3v) is 3.92. The van der Waals surface area contributed by atoms with E-state index in [2.05, 4.69) is 20.6 Å². The molecule has 24 heavy (non-hydrogen) atoms. The van der Waals surface area contributed by atoms with E-state index < -0.39 is 5.91 Å². The average Bonchev–Trinajstić information content (AvgIpc) is 2.60. The Morgan fingerprint density at radius 1 is 1.25 bits per heavy atom. The fourth-order valence-electron chi connectivity index (χ4n) is 2.40. The standard InChI is InChI=1S/C15H20ClN5O3/c1-11(18-23)9-14(19-24)15(22)17-21-7-5-20(6-8-21)13-4-2-3-12(16)10-13/h2-4,10,23-24H,5-9H2,1H3,(H,17,22). The van der Waals surface area contributed by atoms with Crippen LogP contribution in [0.3, 0.4) is 0 Å². The maximum absolute atomic E-state index is 12.1. The highest BCUT2D eigenvalue weighted by molar-refractivity contribution is 6.41. The highest BCUT2D eigenvalue weighted by Crippen LogP contribution is 2.20. The van der Waals surface area contributed by atoms with Crippen LogP contribution in [0.25, 0.3) is 0 Å². The van der Waals surface area contributed by atoms with Crippen molar-refractivity contribution in [1.82, 2.24) is 10.4 Å². The number of benzene rings is 1. The first-order valence-corrected chi connectivity index (χ1v) is 7.86. The number of carbonyl (C=O) groups is 1. The van der Waals surface area contributed by atoms with Crippen LogP contribution >= 0.6 is 11.6 Å². The van der Waals surface area contributed by atoms with Crippen LogP contribution in [-0.2, 0) is 4.79 Å². The molecule has 0 spiro atoms. The van der Waals surface area contributed by atoms with Crippen LogP contribution in [-0.4, -0.2) is 58.9 Å². The van der Waals surface area contributed by atoms with Gasteiger partial charge < -0.3 is 15.3 Å². The Hall–Kier alpha value is -2.32. The molecule has 1 amide bonds. The molecule has 130 valence electrons. The summed E-state index contributed by atoms with van der Waals surface area (Å²) in [5.74, 6) is -0.517. The second-order valence-corrected chi connectivity index (χ2v) is 5.89. The lowest BCUT2D eigenvalue weighted by Crippen LogP contribution is -2.55. The first-order valence-electron chi connectivity index (χ1n) is 7.48. The highest BCUT2D eigenvalue weighted by atomic mass is 35.5. The van der Waals surface area contributed by atoms with E-state index in [0.29, 0.717) is 18.1 Å². The summed E-state index contributed by atoms with van der Waals surface area (Å²) in [6.07, 6.45) is -0.0265. The molecule has 0 unspecified atom stereocenters. The first-order chi connectivity index (χ1) is 11.5. The van der Waals surface area contributed by atoms with Gasteiger partial charge in [-0.1, -0.05) is 28.0 Å². The van der Waals surface area contributed by atoms with Gasteiger partial charge >= 0.3 is 0 Å². The number of hydrazine groups is 1. The Morgan fingerprint density at radius 2 is 1.96 bits per heavy atom. The Morgan fingerprint density at radius 3 is 2.54 bits per heavy atom. The second-order valence-electron chi connectivity index (χ2n) is 5.45. The summed E-state index contributed by atoms with van der Waals surface area (Å²) >= 11 is 6.01. The van der Waals surface area contributed by atoms with Crippen LogP contribution in [0.5, 0.6) is 0 Å². The lowest BCUT2D eigenvalue weighted by molar-refractivity contribution is -0.119. The van der Waals surface area contributed by atoms with Crippen molar-refractivity contribution in [1.29, 1.82) is 0 Å². The lowest BCUT2D eigenvalue weighted by Gasteiger charge is -2.36. The molecule has 2 rings (SSSR count). The van der Waals surface area contributed by atoms with Crippen molar-refractivity contribution in [3.05, 3.63) is 29.3 Å². The summed E-state index contributed by atoms with van der Waals surface area (Å²) in [5.41, 5.74) is 3.91. The van der Waals surface area contributed by atoms with Gasteiger partial charge in [0.25, 0.3) is 5.91 Å². The molecule has 0 radical (unpaired) electrons. The van der Waals surface area contributed by atoms with Gasteiger partial charge in [-0.2, -0.15) is 0 Å². The minimum Gasteiger partial charge on any atom is -0.411 e. The Labute approximate surface area is 145 Å². The normalized spacial score (nSPS) is 17.0. The summed E-state index contributed by atoms with van der Waals surface area (Å²) in [6, 6.07) is 7.63. The van der Waals surface area contributed by atoms with Crippen LogP contribution in [0, 0.1) is 0 Å². The highest BCUT2D eigenvalue weighted by Gasteiger charge is 2.21. The molecule has 1 heterocycles. The SMILES string of the molecule is CC(CC(=NO)C(=O)NN1CCN(c2cccc(Cl)c2)CC1)=NO. The van der Waals surface area contributed by atoms with Gasteiger partial charge in [0.05, 0.1) is 5.71 Å². The fraction of sp³-hybridized carbons (Fsp3) is 0.400. The van der Waals surface area contributed by atoms with E-state index in [1.54, 1.807) is 5.01 Å². The van der Waals surface area contributed by atoms with Gasteiger partial charge in [0.15, 0.2) is 5.71 Å². The largest absolute Gasteiger partial charge is 0.411 e. The van der Waals surface area contributed by atoms with E-state index in [1.165, 1.54) is 6.92 Å². The number of carbonyl (C=O) groups excluding carboxylic acids is 1. The molecule has 0 aromatic heterocycles. The molecule has 1 aliphatic rings. The van der Waals surface area contributed by atoms with Gasteiger partial charge in [-0.05, 0) is 25.1 Å². The molecule has 8 nitrogen and oxygen atoms in total. The van der Waals surface area contributed by atoms with E-state index in [9.17, 15) is 4.79 Å². The van der Waals surface area contributed by atoms with Crippen molar-refractivity contribution in [3.8, 4) is 0 Å². The molecule has 0 atom stereocenters. The van der Waals surface area contributed by atoms with Gasteiger partial charge in [0.2, 0.25) is 0 Å². The summed E-state index contributed by atoms with van der Waals surface area (Å²) in [6.45, 7) is 4.21. The van der Waals surface area contributed by atoms with Gasteiger partial charge in [-0.3, -0.25) is 10.2 Å². The minimum absolute atomic E-state index is 0.0265. The Bertz CT molecular complexity index is 642. The predicted molar refractivity (Wildman–Crippen MR) is 92.1 cm³/mol. The Kier molecular flexibility index (Phi) is 6.39. The molecular weight excluding hydrogens is 334 g/mol. The van der Waals surface area contributed by atoms with Gasteiger partial charge in [0.1, 0.15) is 0 Å². The summed E-state index contributed by atoms with van der Waals surface area (Å²) < 4.78 is 0. The molecule has 1 saturated heterocycles. The van der Waals surface area contributed by atoms with Crippen LogP contribution < -0.4 is 10.3 Å². The zero-order chi connectivity index (χ0) is 17.5. The smallest absolute Gasteiger partial charge is 0.283 e. The fourth-order valence-corrected chi connectivity index (χ4v) is 2.58. The van der Waals surface area contributed by atoms with Crippen molar-refractivity contribution in [2.45, 2.75) is 13.3 Å². The quantitative estimate of drug-likeness (QED) is 0.424. The van der Waals surface area contributed by atoms with Crippen LogP contribution in [0.4, 0.5) is 5.69 Å². The monoisotopic (exact) mass is 353 g/mol. The van der Waals surface area contributed by atoms with Crippen LogP contribution in [0.15, 0.2) is 34.6 Å². The van der Waals surface area contributed by atoms with E-state index in [-0.39, 0.29) is 17.8 Å². The van der Waals surface area contributed by atoms with Crippen molar-refractivity contribution < 1.29 is 15.2 Å². The molecule has 1 aliphatic heterocycles. The van der Waals surface area contributed by atoms with Crippen LogP contribution in [0.2, 0.25) is 5.02 Å². The molecule has 1 aromatic rings. The number of nitrogens with zero attached hydrogens (tertiary/aromatic N) is 4. The number of rotatable bonds is 5. The number of piperazine rings is 1. The number of halogens is 1. The van der Waals surface area contributed by atoms with E-state index >= 15 is 0 Å². The average molecular weight is 354 g/mol. The number of hydrogen-bond donors (Lipinski definition) is 3. The zero-order valence-corrected chi connectivity index (χ0v) is 14.1. The number of anilines is 1. The van der Waals surface area contributed by atoms with E-state index in [4.69, 9.17) is 22.0 Å². The molecule has 1 fully saturated rings. The van der Waals surface area contributed by atoms with Crippen molar-refractivity contribution in [2.75, 3.05) is 31.1 Å². The Balaban J connectivity index is 1.87. The molecule has 3 N–H and O–H groups in total. The third kappa shape index (κ3) is 4.84. The summed E-state index contributed by atoms with van der Waals surface area (Å²) in [7, 11) is 0. The maximum Gasteiger partial charge on any atom is 0.283 e. The molecule has 0 aliphatic carbocycles. The topological polar surface area (TPSA) is 101 Å². The van der Waals surface area contributed by atoms with Gasteiger partial charge in [-0.15, -0.1) is 0 Å². The van der Waals surface area contributed by atoms with Crippen LogP contribution in [0.1, 0.15) is 13.3 Å². The van der Waals surface area contributed by atoms with Crippen molar-refractivity contribution in [3.63, 3.8) is 0 Å². The van der Waals surface area contributed by atoms with E-state index in [0.717, 1.165) is 18.8 Å².